The van der Waals surface area contributed by atoms with Crippen molar-refractivity contribution in [3.05, 3.63) is 29.3 Å². The molecule has 2 N–H and O–H groups in total. The highest BCUT2D eigenvalue weighted by atomic mass is 16.5. The van der Waals surface area contributed by atoms with Crippen LogP contribution in [0.25, 0.3) is 0 Å². The minimum absolute atomic E-state index is 0.0234. The zero-order valence-corrected chi connectivity index (χ0v) is 13.3. The summed E-state index contributed by atoms with van der Waals surface area (Å²) in [7, 11) is 0. The number of hydrogen-bond donors (Lipinski definition) is 2. The minimum atomic E-state index is -0.325. The zero-order valence-electron chi connectivity index (χ0n) is 13.3. The highest BCUT2D eigenvalue weighted by Crippen LogP contribution is 2.40. The number of ether oxygens (including phenoxy) is 1. The summed E-state index contributed by atoms with van der Waals surface area (Å²) in [6.07, 6.45) is 0.640. The number of nitrogens with one attached hydrogen (secondary N) is 1. The van der Waals surface area contributed by atoms with Crippen molar-refractivity contribution in [2.24, 2.45) is 5.41 Å². The number of carbonyl (C=O) groups excluding carboxylic acids is 1. The van der Waals surface area contributed by atoms with E-state index in [0.717, 1.165) is 11.3 Å². The Kier molecular flexibility index (Phi) is 4.57. The van der Waals surface area contributed by atoms with Gasteiger partial charge in [0.15, 0.2) is 0 Å². The van der Waals surface area contributed by atoms with Crippen molar-refractivity contribution in [2.45, 2.75) is 52.7 Å². The van der Waals surface area contributed by atoms with Gasteiger partial charge in [0.05, 0.1) is 19.1 Å². The van der Waals surface area contributed by atoms with Gasteiger partial charge in [-0.05, 0) is 31.9 Å². The lowest BCUT2D eigenvalue weighted by Crippen LogP contribution is -2.61. The van der Waals surface area contributed by atoms with E-state index in [1.807, 2.05) is 39.8 Å². The summed E-state index contributed by atoms with van der Waals surface area (Å²) in [5.74, 6) is 0.803. The molecular formula is C17H25NO3. The lowest BCUT2D eigenvalue weighted by molar-refractivity contribution is -0.129. The van der Waals surface area contributed by atoms with Gasteiger partial charge in [0, 0.05) is 11.5 Å². The van der Waals surface area contributed by atoms with Gasteiger partial charge < -0.3 is 15.2 Å². The van der Waals surface area contributed by atoms with E-state index in [-0.39, 0.29) is 23.5 Å². The van der Waals surface area contributed by atoms with E-state index >= 15 is 0 Å². The van der Waals surface area contributed by atoms with Crippen LogP contribution in [0.1, 0.15) is 37.8 Å². The molecule has 2 atom stereocenters. The second-order valence-electron chi connectivity index (χ2n) is 6.56. The van der Waals surface area contributed by atoms with Crippen molar-refractivity contribution in [1.29, 1.82) is 0 Å². The molecule has 0 saturated heterocycles. The number of aryl methyl sites for hydroxylation is 2. The van der Waals surface area contributed by atoms with Crippen molar-refractivity contribution in [2.75, 3.05) is 6.61 Å². The van der Waals surface area contributed by atoms with E-state index < -0.39 is 0 Å². The Morgan fingerprint density at radius 1 is 1.43 bits per heavy atom. The van der Waals surface area contributed by atoms with Crippen LogP contribution in [0.4, 0.5) is 0 Å². The molecule has 0 spiro atoms. The van der Waals surface area contributed by atoms with Gasteiger partial charge in [0.2, 0.25) is 5.91 Å². The molecule has 4 nitrogen and oxygen atoms in total. The first-order chi connectivity index (χ1) is 9.80. The van der Waals surface area contributed by atoms with Crippen LogP contribution >= 0.6 is 0 Å². The molecule has 0 heterocycles. The lowest BCUT2D eigenvalue weighted by Gasteiger charge is -2.49. The van der Waals surface area contributed by atoms with Crippen LogP contribution in [0.5, 0.6) is 5.75 Å². The van der Waals surface area contributed by atoms with Crippen LogP contribution in [0.3, 0.4) is 0 Å². The van der Waals surface area contributed by atoms with Gasteiger partial charge >= 0.3 is 0 Å². The maximum Gasteiger partial charge on any atom is 0.223 e. The van der Waals surface area contributed by atoms with Crippen LogP contribution in [-0.4, -0.2) is 29.8 Å². The molecule has 1 aliphatic carbocycles. The van der Waals surface area contributed by atoms with Gasteiger partial charge in [0.1, 0.15) is 5.75 Å². The summed E-state index contributed by atoms with van der Waals surface area (Å²) in [5, 5.41) is 12.6. The van der Waals surface area contributed by atoms with Crippen molar-refractivity contribution < 1.29 is 14.6 Å². The van der Waals surface area contributed by atoms with Gasteiger partial charge in [-0.3, -0.25) is 4.79 Å². The molecule has 21 heavy (non-hydrogen) atoms. The quantitative estimate of drug-likeness (QED) is 0.875. The van der Waals surface area contributed by atoms with Gasteiger partial charge in [-0.2, -0.15) is 0 Å². The van der Waals surface area contributed by atoms with Gasteiger partial charge in [0.25, 0.3) is 0 Å². The van der Waals surface area contributed by atoms with Crippen LogP contribution in [0.2, 0.25) is 0 Å². The topological polar surface area (TPSA) is 58.6 Å². The molecule has 116 valence electrons. The number of hydrogen-bond acceptors (Lipinski definition) is 3. The maximum absolute atomic E-state index is 11.9. The second kappa shape index (κ2) is 6.06. The van der Waals surface area contributed by atoms with Crippen molar-refractivity contribution >= 4 is 5.91 Å². The van der Waals surface area contributed by atoms with Crippen LogP contribution in [0.15, 0.2) is 18.2 Å². The number of amides is 1. The fourth-order valence-corrected chi connectivity index (χ4v) is 2.63. The Morgan fingerprint density at radius 3 is 2.71 bits per heavy atom. The molecule has 0 aliphatic heterocycles. The average molecular weight is 291 g/mol. The van der Waals surface area contributed by atoms with E-state index in [4.69, 9.17) is 4.74 Å². The largest absolute Gasteiger partial charge is 0.493 e. The highest BCUT2D eigenvalue weighted by Gasteiger charge is 2.47. The Hall–Kier alpha value is -1.55. The lowest BCUT2D eigenvalue weighted by atomic mass is 9.64. The van der Waals surface area contributed by atoms with Crippen LogP contribution in [-0.2, 0) is 4.79 Å². The predicted octanol–water partition coefficient (Wildman–Crippen LogP) is 2.35. The monoisotopic (exact) mass is 291 g/mol. The van der Waals surface area contributed by atoms with E-state index in [1.54, 1.807) is 0 Å². The third-order valence-electron chi connectivity index (χ3n) is 4.47. The molecule has 0 aromatic heterocycles. The van der Waals surface area contributed by atoms with E-state index in [1.165, 1.54) is 5.56 Å². The first-order valence-corrected chi connectivity index (χ1v) is 7.48. The second-order valence-corrected chi connectivity index (χ2v) is 6.56. The summed E-state index contributed by atoms with van der Waals surface area (Å²) in [6.45, 7) is 8.35. The Bertz CT molecular complexity index is 525. The summed E-state index contributed by atoms with van der Waals surface area (Å²) in [4.78, 5) is 11.9. The standard InChI is InChI=1S/C17H25NO3/c1-11-5-6-13(12(2)9-11)21-8-7-16(20)18-14-10-15(19)17(14,3)4/h5-6,9,14-15,19H,7-8,10H2,1-4H3,(H,18,20). The summed E-state index contributed by atoms with van der Waals surface area (Å²) >= 11 is 0. The first-order valence-electron chi connectivity index (χ1n) is 7.48. The van der Waals surface area contributed by atoms with Gasteiger partial charge in [-0.1, -0.05) is 31.5 Å². The molecule has 4 heteroatoms. The van der Waals surface area contributed by atoms with Crippen LogP contribution in [0, 0.1) is 19.3 Å². The molecular weight excluding hydrogens is 266 g/mol. The SMILES string of the molecule is Cc1ccc(OCCC(=O)NC2CC(O)C2(C)C)c(C)c1. The van der Waals surface area contributed by atoms with E-state index in [0.29, 0.717) is 19.4 Å². The molecule has 1 fully saturated rings. The van der Waals surface area contributed by atoms with Crippen LogP contribution < -0.4 is 10.1 Å². The number of benzene rings is 1. The average Bonchev–Trinajstić information content (AvgIpc) is 2.41. The highest BCUT2D eigenvalue weighted by molar-refractivity contribution is 5.76. The number of carbonyl (C=O) groups is 1. The zero-order chi connectivity index (χ0) is 15.6. The summed E-state index contributed by atoms with van der Waals surface area (Å²) in [5.41, 5.74) is 2.05. The van der Waals surface area contributed by atoms with Crippen molar-refractivity contribution in [1.82, 2.24) is 5.32 Å². The Balaban J connectivity index is 1.75. The van der Waals surface area contributed by atoms with E-state index in [2.05, 4.69) is 11.4 Å². The van der Waals surface area contributed by atoms with E-state index in [9.17, 15) is 9.90 Å². The molecule has 0 bridgehead atoms. The summed E-state index contributed by atoms with van der Waals surface area (Å²) < 4.78 is 5.66. The third-order valence-corrected chi connectivity index (χ3v) is 4.47. The minimum Gasteiger partial charge on any atom is -0.493 e. The number of rotatable bonds is 5. The molecule has 1 saturated carbocycles. The maximum atomic E-state index is 11.9. The Morgan fingerprint density at radius 2 is 2.14 bits per heavy atom. The molecule has 1 amide bonds. The van der Waals surface area contributed by atoms with Gasteiger partial charge in [-0.15, -0.1) is 0 Å². The molecule has 1 aromatic carbocycles. The summed E-state index contributed by atoms with van der Waals surface area (Å²) in [6, 6.07) is 6.06. The Labute approximate surface area is 126 Å². The number of aliphatic hydroxyl groups excluding tert-OH is 1. The third kappa shape index (κ3) is 3.56. The molecule has 2 rings (SSSR count). The fraction of sp³-hybridized carbons (Fsp3) is 0.588. The van der Waals surface area contributed by atoms with Gasteiger partial charge in [-0.25, -0.2) is 0 Å². The fourth-order valence-electron chi connectivity index (χ4n) is 2.63. The number of aliphatic hydroxyl groups is 1. The normalized spacial score (nSPS) is 23.3. The molecule has 1 aromatic rings. The smallest absolute Gasteiger partial charge is 0.223 e. The molecule has 2 unspecified atom stereocenters. The van der Waals surface area contributed by atoms with Crippen molar-refractivity contribution in [3.8, 4) is 5.75 Å². The predicted molar refractivity (Wildman–Crippen MR) is 82.4 cm³/mol. The molecule has 1 aliphatic rings. The van der Waals surface area contributed by atoms with Crippen molar-refractivity contribution in [3.63, 3.8) is 0 Å². The molecule has 0 radical (unpaired) electrons. The first kappa shape index (κ1) is 15.8.